The highest BCUT2D eigenvalue weighted by Crippen LogP contribution is 2.32. The summed E-state index contributed by atoms with van der Waals surface area (Å²) in [6.45, 7) is 2.12. The number of amides is 1. The molecule has 1 aliphatic rings. The Hall–Kier alpha value is -3.41. The Morgan fingerprint density at radius 3 is 2.76 bits per heavy atom. The average molecular weight is 569 g/mol. The highest BCUT2D eigenvalue weighted by Gasteiger charge is 2.26. The number of benzene rings is 2. The maximum Gasteiger partial charge on any atom is 0.326 e. The van der Waals surface area contributed by atoms with E-state index in [9.17, 15) is 14.4 Å². The maximum absolute atomic E-state index is 14.4. The third-order valence-corrected chi connectivity index (χ3v) is 7.35. The molecule has 0 saturated heterocycles. The van der Waals surface area contributed by atoms with Crippen molar-refractivity contribution in [2.45, 2.75) is 19.5 Å². The number of nitriles is 1. The molecule has 3 heterocycles. The molecule has 1 N–H and O–H groups in total. The van der Waals surface area contributed by atoms with Crippen LogP contribution in [0.3, 0.4) is 0 Å². The second-order valence-electron chi connectivity index (χ2n) is 8.89. The largest absolute Gasteiger partial charge is 0.333 e. The number of rotatable bonds is 5. The Morgan fingerprint density at radius 2 is 1.97 bits per heavy atom. The molecule has 0 aliphatic carbocycles. The van der Waals surface area contributed by atoms with Gasteiger partial charge in [0.1, 0.15) is 11.0 Å². The lowest BCUT2D eigenvalue weighted by molar-refractivity contribution is 0.240. The van der Waals surface area contributed by atoms with E-state index in [1.54, 1.807) is 47.2 Å². The normalized spacial score (nSPS) is 13.6. The fraction of sp³-hybridized carbons (Fsp3) is 0.179. The summed E-state index contributed by atoms with van der Waals surface area (Å²) >= 11 is 18.0. The molecule has 0 unspecified atom stereocenters. The van der Waals surface area contributed by atoms with Gasteiger partial charge >= 0.3 is 6.03 Å². The van der Waals surface area contributed by atoms with Crippen LogP contribution in [0, 0.1) is 17.1 Å². The van der Waals surface area contributed by atoms with Crippen LogP contribution in [0.1, 0.15) is 27.9 Å². The Labute approximate surface area is 233 Å². The van der Waals surface area contributed by atoms with E-state index >= 15 is 0 Å². The summed E-state index contributed by atoms with van der Waals surface area (Å²) < 4.78 is 16.0. The first-order valence-electron chi connectivity index (χ1n) is 11.8. The molecule has 38 heavy (non-hydrogen) atoms. The molecule has 2 aromatic carbocycles. The van der Waals surface area contributed by atoms with Crippen molar-refractivity contribution in [1.82, 2.24) is 19.8 Å². The monoisotopic (exact) mass is 567 g/mol. The molecule has 192 valence electrons. The molecule has 0 spiro atoms. The zero-order valence-corrected chi connectivity index (χ0v) is 22.3. The van der Waals surface area contributed by atoms with E-state index in [2.05, 4.69) is 21.3 Å². The second kappa shape index (κ2) is 11.1. The lowest BCUT2D eigenvalue weighted by Crippen LogP contribution is -2.34. The minimum Gasteiger partial charge on any atom is -0.333 e. The van der Waals surface area contributed by atoms with Crippen molar-refractivity contribution in [2.24, 2.45) is 0 Å². The van der Waals surface area contributed by atoms with Crippen LogP contribution in [0.25, 0.3) is 17.0 Å². The van der Waals surface area contributed by atoms with Crippen molar-refractivity contribution in [1.29, 1.82) is 5.26 Å². The van der Waals surface area contributed by atoms with E-state index in [1.165, 1.54) is 6.07 Å². The number of nitrogens with zero attached hydrogens (tertiary/aromatic N) is 4. The van der Waals surface area contributed by atoms with Crippen molar-refractivity contribution in [2.75, 3.05) is 13.1 Å². The van der Waals surface area contributed by atoms with Gasteiger partial charge in [-0.15, -0.1) is 0 Å². The van der Waals surface area contributed by atoms with Crippen molar-refractivity contribution in [3.05, 3.63) is 104 Å². The van der Waals surface area contributed by atoms with Crippen LogP contribution in [0.4, 0.5) is 9.18 Å². The molecule has 0 bridgehead atoms. The minimum absolute atomic E-state index is 0.0199. The summed E-state index contributed by atoms with van der Waals surface area (Å²) in [6.07, 6.45) is 5.71. The van der Waals surface area contributed by atoms with Gasteiger partial charge in [-0.3, -0.25) is 9.47 Å². The lowest BCUT2D eigenvalue weighted by Gasteiger charge is -2.27. The van der Waals surface area contributed by atoms with Gasteiger partial charge in [-0.1, -0.05) is 53.0 Å². The van der Waals surface area contributed by atoms with E-state index < -0.39 is 5.82 Å². The zero-order valence-electron chi connectivity index (χ0n) is 20.0. The van der Waals surface area contributed by atoms with Crippen molar-refractivity contribution in [3.8, 4) is 6.07 Å². The zero-order chi connectivity index (χ0) is 26.8. The summed E-state index contributed by atoms with van der Waals surface area (Å²) in [5.41, 5.74) is 4.18. The van der Waals surface area contributed by atoms with Gasteiger partial charge in [-0.2, -0.15) is 5.26 Å². The van der Waals surface area contributed by atoms with E-state index in [1.807, 2.05) is 12.1 Å². The number of carbonyl (C=O) groups excluding carboxylic acids is 1. The highest BCUT2D eigenvalue weighted by atomic mass is 35.5. The van der Waals surface area contributed by atoms with E-state index in [-0.39, 0.29) is 23.2 Å². The van der Waals surface area contributed by atoms with Crippen LogP contribution in [0.2, 0.25) is 15.2 Å². The first-order chi connectivity index (χ1) is 18.4. The number of carbonyl (C=O) groups is 1. The van der Waals surface area contributed by atoms with Gasteiger partial charge in [-0.25, -0.2) is 14.2 Å². The summed E-state index contributed by atoms with van der Waals surface area (Å²) in [5.74, 6) is -0.548. The van der Waals surface area contributed by atoms with Crippen LogP contribution in [0.5, 0.6) is 0 Å². The van der Waals surface area contributed by atoms with Crippen LogP contribution < -0.4 is 5.32 Å². The lowest BCUT2D eigenvalue weighted by atomic mass is 10.0. The second-order valence-corrected chi connectivity index (χ2v) is 10.1. The topological polar surface area (TPSA) is 74.0 Å². The fourth-order valence-corrected chi connectivity index (χ4v) is 5.27. The first kappa shape index (κ1) is 26.2. The van der Waals surface area contributed by atoms with Crippen LogP contribution >= 0.6 is 34.8 Å². The van der Waals surface area contributed by atoms with Crippen molar-refractivity contribution >= 4 is 57.8 Å². The molecule has 1 aliphatic heterocycles. The first-order valence-corrected chi connectivity index (χ1v) is 13.0. The quantitative estimate of drug-likeness (QED) is 0.211. The summed E-state index contributed by atoms with van der Waals surface area (Å²) in [7, 11) is 0. The molecule has 1 amide bonds. The van der Waals surface area contributed by atoms with Crippen LogP contribution in [-0.2, 0) is 19.5 Å². The Kier molecular flexibility index (Phi) is 7.68. The minimum atomic E-state index is -0.548. The molecule has 2 aromatic heterocycles. The third kappa shape index (κ3) is 5.27. The van der Waals surface area contributed by atoms with Gasteiger partial charge in [0.15, 0.2) is 0 Å². The molecule has 0 saturated carbocycles. The van der Waals surface area contributed by atoms with E-state index in [0.29, 0.717) is 47.3 Å². The molecule has 0 atom stereocenters. The standard InChI is InChI=1S/C28H21Cl3FN5O/c29-22-5-6-23(30)27(32)20(22)2-1-10-36-11-8-24-21(16-36)19-4-3-17(14-33)12-25(19)37(24)28(38)35-15-18-7-9-34-26(31)13-18/h1-7,9,12-13H,8,10-11,15-16H2,(H,35,38)/b2-1+. The smallest absolute Gasteiger partial charge is 0.326 e. The van der Waals surface area contributed by atoms with Crippen LogP contribution in [0.15, 0.2) is 54.7 Å². The Bertz CT molecular complexity index is 1630. The number of nitrogens with one attached hydrogen (secondary N) is 1. The van der Waals surface area contributed by atoms with Gasteiger partial charge in [0, 0.05) is 55.4 Å². The summed E-state index contributed by atoms with van der Waals surface area (Å²) in [4.78, 5) is 19.6. The number of halogens is 4. The third-order valence-electron chi connectivity index (χ3n) is 6.52. The predicted molar refractivity (Wildman–Crippen MR) is 148 cm³/mol. The van der Waals surface area contributed by atoms with Gasteiger partial charge in [-0.05, 0) is 47.5 Å². The fourth-order valence-electron chi connectivity index (χ4n) is 4.70. The number of aromatic nitrogens is 2. The molecular formula is C28H21Cl3FN5O. The van der Waals surface area contributed by atoms with Gasteiger partial charge in [0.25, 0.3) is 0 Å². The summed E-state index contributed by atoms with van der Waals surface area (Å²) in [6, 6.07) is 13.8. The van der Waals surface area contributed by atoms with Gasteiger partial charge < -0.3 is 5.32 Å². The molecule has 10 heteroatoms. The molecule has 6 nitrogen and oxygen atoms in total. The van der Waals surface area contributed by atoms with Gasteiger partial charge in [0.05, 0.1) is 27.2 Å². The van der Waals surface area contributed by atoms with Gasteiger partial charge in [0.2, 0.25) is 0 Å². The molecule has 0 fully saturated rings. The SMILES string of the molecule is N#Cc1ccc2c3c(n(C(=O)NCc4ccnc(Cl)c4)c2c1)CCN(C/C=C/c1c(Cl)ccc(Cl)c1F)C3. The summed E-state index contributed by atoms with van der Waals surface area (Å²) in [5, 5.41) is 14.0. The number of hydrogen-bond acceptors (Lipinski definition) is 4. The number of pyridine rings is 1. The predicted octanol–water partition coefficient (Wildman–Crippen LogP) is 6.84. The van der Waals surface area contributed by atoms with Crippen molar-refractivity contribution in [3.63, 3.8) is 0 Å². The molecule has 4 aromatic rings. The Morgan fingerprint density at radius 1 is 1.16 bits per heavy atom. The van der Waals surface area contributed by atoms with E-state index in [0.717, 1.165) is 22.2 Å². The number of hydrogen-bond donors (Lipinski definition) is 1. The maximum atomic E-state index is 14.4. The Balaban J connectivity index is 1.40. The van der Waals surface area contributed by atoms with Crippen molar-refractivity contribution < 1.29 is 9.18 Å². The van der Waals surface area contributed by atoms with E-state index in [4.69, 9.17) is 34.8 Å². The molecule has 0 radical (unpaired) electrons. The number of fused-ring (bicyclic) bond motifs is 3. The highest BCUT2D eigenvalue weighted by molar-refractivity contribution is 6.34. The molecule has 5 rings (SSSR count). The van der Waals surface area contributed by atoms with Crippen LogP contribution in [-0.4, -0.2) is 33.6 Å². The average Bonchev–Trinajstić information content (AvgIpc) is 3.24. The molecular weight excluding hydrogens is 548 g/mol.